The van der Waals surface area contributed by atoms with Gasteiger partial charge in [-0.3, -0.25) is 0 Å². The molecule has 0 bridgehead atoms. The fraction of sp³-hybridized carbons (Fsp3) is 0. The van der Waals surface area contributed by atoms with Crippen molar-refractivity contribution in [2.45, 2.75) is 0 Å². The van der Waals surface area contributed by atoms with E-state index in [1.54, 1.807) is 0 Å². The Labute approximate surface area is 344 Å². The molecule has 3 nitrogen and oxygen atoms in total. The molecule has 3 aliphatic heterocycles. The number of aromatic nitrogens is 1. The van der Waals surface area contributed by atoms with Crippen LogP contribution in [0.5, 0.6) is 0 Å². The molecule has 0 radical (unpaired) electrons. The van der Waals surface area contributed by atoms with E-state index in [0.717, 1.165) is 11.4 Å². The van der Waals surface area contributed by atoms with Gasteiger partial charge in [-0.25, -0.2) is 0 Å². The van der Waals surface area contributed by atoms with Gasteiger partial charge in [-0.05, 0) is 85.7 Å². The predicted molar refractivity (Wildman–Crippen MR) is 252 cm³/mol. The smallest absolute Gasteiger partial charge is 0.252 e. The van der Waals surface area contributed by atoms with E-state index in [1.165, 1.54) is 87.4 Å². The molecule has 3 aliphatic rings. The van der Waals surface area contributed by atoms with Crippen molar-refractivity contribution in [3.05, 3.63) is 218 Å². The summed E-state index contributed by atoms with van der Waals surface area (Å²) in [4.78, 5) is 5.22. The molecule has 0 unspecified atom stereocenters. The zero-order valence-electron chi connectivity index (χ0n) is 32.2. The number of para-hydroxylation sites is 6. The summed E-state index contributed by atoms with van der Waals surface area (Å²) in [6.45, 7) is 0.00843. The van der Waals surface area contributed by atoms with Gasteiger partial charge >= 0.3 is 0 Å². The monoisotopic (exact) mass is 765 g/mol. The molecule has 0 atom stereocenters. The highest BCUT2D eigenvalue weighted by Crippen LogP contribution is 2.50. The third-order valence-corrected chi connectivity index (χ3v) is 18.0. The normalized spacial score (nSPS) is 14.1. The molecule has 5 heteroatoms. The third kappa shape index (κ3) is 4.27. The average Bonchev–Trinajstić information content (AvgIpc) is 3.65. The van der Waals surface area contributed by atoms with Crippen LogP contribution in [-0.2, 0) is 0 Å². The number of nitrogens with zero attached hydrogens (tertiary/aromatic N) is 3. The molecular weight excluding hydrogens is 730 g/mol. The Morgan fingerprint density at radius 3 is 1.66 bits per heavy atom. The van der Waals surface area contributed by atoms with Crippen molar-refractivity contribution in [3.8, 4) is 5.69 Å². The Balaban J connectivity index is 1.25. The quantitative estimate of drug-likeness (QED) is 0.167. The number of rotatable bonds is 4. The van der Waals surface area contributed by atoms with Crippen molar-refractivity contribution in [1.82, 2.24) is 4.57 Å². The largest absolute Gasteiger partial charge is 0.312 e. The predicted octanol–water partition coefficient (Wildman–Crippen LogP) is 8.56. The lowest BCUT2D eigenvalue weighted by atomic mass is 9.33. The van der Waals surface area contributed by atoms with Gasteiger partial charge in [-0.15, -0.1) is 0 Å². The second-order valence-electron chi connectivity index (χ2n) is 16.0. The number of anilines is 6. The summed E-state index contributed by atoms with van der Waals surface area (Å²) in [7, 11) is -2.85. The molecule has 13 rings (SSSR count). The number of benzene rings is 9. The summed E-state index contributed by atoms with van der Waals surface area (Å²) < 4.78 is 2.49. The van der Waals surface area contributed by atoms with Crippen LogP contribution in [0, 0.1) is 0 Å². The van der Waals surface area contributed by atoms with Gasteiger partial charge < -0.3 is 14.4 Å². The lowest BCUT2D eigenvalue weighted by Gasteiger charge is -2.50. The molecular formula is C54H36BN3Si. The molecule has 274 valence electrons. The first-order valence-corrected chi connectivity index (χ1v) is 22.6. The summed E-state index contributed by atoms with van der Waals surface area (Å²) in [6, 6.07) is 81.9. The second kappa shape index (κ2) is 12.3. The zero-order valence-corrected chi connectivity index (χ0v) is 33.2. The van der Waals surface area contributed by atoms with Crippen molar-refractivity contribution in [2.24, 2.45) is 0 Å². The highest BCUT2D eigenvalue weighted by atomic mass is 28.3. The van der Waals surface area contributed by atoms with Crippen LogP contribution in [0.25, 0.3) is 27.5 Å². The van der Waals surface area contributed by atoms with Gasteiger partial charge in [0, 0.05) is 44.9 Å². The summed E-state index contributed by atoms with van der Waals surface area (Å²) in [5.74, 6) is 0. The van der Waals surface area contributed by atoms with Crippen molar-refractivity contribution in [2.75, 3.05) is 9.80 Å². The van der Waals surface area contributed by atoms with Crippen LogP contribution >= 0.6 is 0 Å². The molecule has 0 saturated heterocycles. The molecule has 0 fully saturated rings. The van der Waals surface area contributed by atoms with Crippen LogP contribution < -0.4 is 46.9 Å². The van der Waals surface area contributed by atoms with E-state index in [2.05, 4.69) is 233 Å². The number of hydrogen-bond donors (Lipinski definition) is 0. The Bertz CT molecular complexity index is 3250. The highest BCUT2D eigenvalue weighted by molar-refractivity contribution is 7.22. The molecule has 0 saturated carbocycles. The van der Waals surface area contributed by atoms with Gasteiger partial charge in [0.1, 0.15) is 0 Å². The Hall–Kier alpha value is -7.34. The molecule has 1 aromatic heterocycles. The minimum atomic E-state index is -2.85. The molecule has 9 aromatic carbocycles. The lowest BCUT2D eigenvalue weighted by molar-refractivity contribution is 1.17. The molecule has 0 N–H and O–H groups in total. The molecule has 59 heavy (non-hydrogen) atoms. The van der Waals surface area contributed by atoms with Gasteiger partial charge in [0.25, 0.3) is 6.71 Å². The van der Waals surface area contributed by atoms with E-state index in [9.17, 15) is 0 Å². The molecule has 10 aromatic rings. The summed E-state index contributed by atoms with van der Waals surface area (Å²) >= 11 is 0. The first-order valence-electron chi connectivity index (χ1n) is 20.6. The average molecular weight is 766 g/mol. The van der Waals surface area contributed by atoms with Crippen molar-refractivity contribution in [1.29, 1.82) is 0 Å². The molecule has 0 amide bonds. The van der Waals surface area contributed by atoms with Crippen LogP contribution in [0.15, 0.2) is 218 Å². The zero-order chi connectivity index (χ0) is 38.7. The minimum Gasteiger partial charge on any atom is -0.312 e. The SMILES string of the molecule is c1ccc(N2c3ccccc3B3c4cccc5c4N(c4ccccc4[Si]5(c4ccccc4)c4ccccc4)c4cc5c(c2c43)c2ccccc2n5-c2ccccc2)cc1. The minimum absolute atomic E-state index is 0.00843. The van der Waals surface area contributed by atoms with E-state index in [0.29, 0.717) is 0 Å². The number of fused-ring (bicyclic) bond motifs is 10. The first kappa shape index (κ1) is 32.7. The van der Waals surface area contributed by atoms with Crippen LogP contribution in [0.3, 0.4) is 0 Å². The summed E-state index contributed by atoms with van der Waals surface area (Å²) in [5.41, 5.74) is 15.1. The van der Waals surface area contributed by atoms with Gasteiger partial charge in [0.05, 0.1) is 16.7 Å². The Morgan fingerprint density at radius 1 is 0.373 bits per heavy atom. The van der Waals surface area contributed by atoms with Crippen LogP contribution in [0.4, 0.5) is 34.1 Å². The van der Waals surface area contributed by atoms with Gasteiger partial charge in [-0.1, -0.05) is 170 Å². The maximum Gasteiger partial charge on any atom is 0.252 e. The maximum absolute atomic E-state index is 2.85. The van der Waals surface area contributed by atoms with E-state index >= 15 is 0 Å². The topological polar surface area (TPSA) is 11.4 Å². The van der Waals surface area contributed by atoms with E-state index in [-0.39, 0.29) is 6.71 Å². The van der Waals surface area contributed by atoms with Crippen molar-refractivity contribution >= 4 is 108 Å². The highest BCUT2D eigenvalue weighted by Gasteiger charge is 2.53. The maximum atomic E-state index is 2.66. The van der Waals surface area contributed by atoms with Crippen LogP contribution in [0.2, 0.25) is 0 Å². The summed E-state index contributed by atoms with van der Waals surface area (Å²) in [6.07, 6.45) is 0. The van der Waals surface area contributed by atoms with Crippen molar-refractivity contribution in [3.63, 3.8) is 0 Å². The standard InChI is InChI=1S/C54H36BN3Si/c1-5-20-37(21-6-1)56-44-31-15-13-28-41(44)51-47(56)36-48-52-54(51)57(38-22-7-2-8-23-38)45-32-16-14-29-42(45)55(52)43-30-19-35-50-53(43)58(48)46-33-17-18-34-49(46)59(50,39-24-9-3-10-25-39)40-26-11-4-12-27-40/h1-36H. The van der Waals surface area contributed by atoms with Crippen LogP contribution in [-0.4, -0.2) is 19.4 Å². The third-order valence-electron chi connectivity index (χ3n) is 13.2. The van der Waals surface area contributed by atoms with Crippen molar-refractivity contribution < 1.29 is 0 Å². The summed E-state index contributed by atoms with van der Waals surface area (Å²) in [5, 5.41) is 8.17. The molecule has 0 aliphatic carbocycles. The second-order valence-corrected chi connectivity index (χ2v) is 19.7. The first-order chi connectivity index (χ1) is 29.3. The Morgan fingerprint density at radius 2 is 0.932 bits per heavy atom. The lowest BCUT2D eigenvalue weighted by Crippen LogP contribution is -2.79. The van der Waals surface area contributed by atoms with Gasteiger partial charge in [0.2, 0.25) is 0 Å². The number of hydrogen-bond acceptors (Lipinski definition) is 2. The van der Waals surface area contributed by atoms with E-state index < -0.39 is 8.07 Å². The Kier molecular flexibility index (Phi) is 6.84. The molecule has 0 spiro atoms. The van der Waals surface area contributed by atoms with Crippen LogP contribution in [0.1, 0.15) is 0 Å². The van der Waals surface area contributed by atoms with Gasteiger partial charge in [-0.2, -0.15) is 0 Å². The fourth-order valence-corrected chi connectivity index (χ4v) is 16.2. The molecule has 4 heterocycles. The fourth-order valence-electron chi connectivity index (χ4n) is 11.1. The van der Waals surface area contributed by atoms with E-state index in [4.69, 9.17) is 0 Å². The van der Waals surface area contributed by atoms with Gasteiger partial charge in [0.15, 0.2) is 8.07 Å². The van der Waals surface area contributed by atoms with E-state index in [1.807, 2.05) is 0 Å².